The summed E-state index contributed by atoms with van der Waals surface area (Å²) in [6.45, 7) is 5.90. The highest BCUT2D eigenvalue weighted by molar-refractivity contribution is 4.99. The van der Waals surface area contributed by atoms with Crippen LogP contribution in [0.2, 0.25) is 0 Å². The molecule has 4 atom stereocenters. The zero-order valence-corrected chi connectivity index (χ0v) is 11.6. The van der Waals surface area contributed by atoms with Crippen molar-refractivity contribution in [3.63, 3.8) is 0 Å². The van der Waals surface area contributed by atoms with E-state index < -0.39 is 0 Å². The summed E-state index contributed by atoms with van der Waals surface area (Å²) >= 11 is 0. The van der Waals surface area contributed by atoms with Crippen LogP contribution in [0.3, 0.4) is 0 Å². The second-order valence-electron chi connectivity index (χ2n) is 5.76. The Morgan fingerprint density at radius 3 is 2.78 bits per heavy atom. The van der Waals surface area contributed by atoms with Gasteiger partial charge in [-0.15, -0.1) is 0 Å². The summed E-state index contributed by atoms with van der Waals surface area (Å²) in [6.07, 6.45) is 5.54. The van der Waals surface area contributed by atoms with Crippen molar-refractivity contribution in [1.29, 1.82) is 0 Å². The van der Waals surface area contributed by atoms with Crippen LogP contribution in [0.15, 0.2) is 0 Å². The van der Waals surface area contributed by atoms with Gasteiger partial charge in [0, 0.05) is 6.61 Å². The molecule has 18 heavy (non-hydrogen) atoms. The van der Waals surface area contributed by atoms with Crippen LogP contribution in [0.1, 0.15) is 46.0 Å². The molecule has 0 radical (unpaired) electrons. The Bertz CT molecular complexity index is 248. The average molecular weight is 258 g/mol. The fraction of sp³-hybridized carbons (Fsp3) is 1.00. The second-order valence-corrected chi connectivity index (χ2v) is 5.76. The van der Waals surface area contributed by atoms with Gasteiger partial charge in [0.2, 0.25) is 0 Å². The summed E-state index contributed by atoms with van der Waals surface area (Å²) in [5.41, 5.74) is -0.254. The van der Waals surface area contributed by atoms with Crippen LogP contribution >= 0.6 is 0 Å². The Morgan fingerprint density at radius 1 is 1.44 bits per heavy atom. The SMILES string of the molecule is C[C@H](CC[C@]1(CO)O[C@@H]1C)COC1CCCCO1. The van der Waals surface area contributed by atoms with E-state index in [2.05, 4.69) is 6.92 Å². The lowest BCUT2D eigenvalue weighted by Crippen LogP contribution is -2.25. The molecule has 106 valence electrons. The van der Waals surface area contributed by atoms with Gasteiger partial charge in [0.05, 0.1) is 19.3 Å². The first-order chi connectivity index (χ1) is 8.66. The quantitative estimate of drug-likeness (QED) is 0.710. The first kappa shape index (κ1) is 14.3. The van der Waals surface area contributed by atoms with Crippen LogP contribution in [0.5, 0.6) is 0 Å². The highest BCUT2D eigenvalue weighted by Crippen LogP contribution is 2.40. The molecule has 0 aromatic rings. The van der Waals surface area contributed by atoms with Gasteiger partial charge in [-0.05, 0) is 44.9 Å². The molecule has 0 aromatic carbocycles. The molecular formula is C14H26O4. The maximum atomic E-state index is 9.30. The van der Waals surface area contributed by atoms with Gasteiger partial charge in [0.1, 0.15) is 5.60 Å². The molecule has 2 saturated heterocycles. The molecule has 4 nitrogen and oxygen atoms in total. The van der Waals surface area contributed by atoms with E-state index in [9.17, 15) is 5.11 Å². The largest absolute Gasteiger partial charge is 0.393 e. The van der Waals surface area contributed by atoms with E-state index in [1.165, 1.54) is 6.42 Å². The molecule has 2 aliphatic heterocycles. The Morgan fingerprint density at radius 2 is 2.22 bits per heavy atom. The Balaban J connectivity index is 1.58. The standard InChI is InChI=1S/C14H26O4/c1-11(6-7-14(10-15)12(2)18-14)9-17-13-5-3-4-8-16-13/h11-13,15H,3-10H2,1-2H3/t11-,12-,13?,14-/m1/s1. The molecule has 2 fully saturated rings. The lowest BCUT2D eigenvalue weighted by molar-refractivity contribution is -0.168. The molecule has 1 N–H and O–H groups in total. The third kappa shape index (κ3) is 3.67. The van der Waals surface area contributed by atoms with Crippen LogP contribution in [-0.2, 0) is 14.2 Å². The van der Waals surface area contributed by atoms with Crippen molar-refractivity contribution in [2.45, 2.75) is 63.9 Å². The molecular weight excluding hydrogens is 232 g/mol. The highest BCUT2D eigenvalue weighted by atomic mass is 16.7. The minimum atomic E-state index is -0.254. The van der Waals surface area contributed by atoms with E-state index in [0.29, 0.717) is 5.92 Å². The van der Waals surface area contributed by atoms with Gasteiger partial charge in [-0.25, -0.2) is 0 Å². The molecule has 4 heteroatoms. The van der Waals surface area contributed by atoms with Gasteiger partial charge in [-0.1, -0.05) is 6.92 Å². The van der Waals surface area contributed by atoms with E-state index in [-0.39, 0.29) is 24.6 Å². The maximum absolute atomic E-state index is 9.30. The van der Waals surface area contributed by atoms with E-state index in [4.69, 9.17) is 14.2 Å². The molecule has 0 amide bonds. The number of aliphatic hydroxyl groups is 1. The Kier molecular flexibility index (Phi) is 5.01. The molecule has 0 spiro atoms. The zero-order valence-electron chi connectivity index (χ0n) is 11.6. The molecule has 1 unspecified atom stereocenters. The molecule has 0 aromatic heterocycles. The molecule has 0 bridgehead atoms. The summed E-state index contributed by atoms with van der Waals surface area (Å²) < 4.78 is 16.8. The van der Waals surface area contributed by atoms with Crippen LogP contribution in [0, 0.1) is 5.92 Å². The van der Waals surface area contributed by atoms with Gasteiger partial charge in [0.15, 0.2) is 6.29 Å². The Hall–Kier alpha value is -0.160. The van der Waals surface area contributed by atoms with Crippen LogP contribution < -0.4 is 0 Å². The summed E-state index contributed by atoms with van der Waals surface area (Å²) in [7, 11) is 0. The van der Waals surface area contributed by atoms with Gasteiger partial charge >= 0.3 is 0 Å². The van der Waals surface area contributed by atoms with E-state index in [1.54, 1.807) is 0 Å². The second kappa shape index (κ2) is 6.33. The lowest BCUT2D eigenvalue weighted by Gasteiger charge is -2.24. The summed E-state index contributed by atoms with van der Waals surface area (Å²) in [5.74, 6) is 0.482. The average Bonchev–Trinajstić information content (AvgIpc) is 3.06. The Labute approximate surface area is 110 Å². The van der Waals surface area contributed by atoms with Crippen molar-refractivity contribution in [3.05, 3.63) is 0 Å². The predicted molar refractivity (Wildman–Crippen MR) is 68.3 cm³/mol. The smallest absolute Gasteiger partial charge is 0.157 e. The molecule has 2 rings (SSSR count). The number of aliphatic hydroxyl groups excluding tert-OH is 1. The van der Waals surface area contributed by atoms with Crippen molar-refractivity contribution < 1.29 is 19.3 Å². The van der Waals surface area contributed by atoms with Gasteiger partial charge in [-0.3, -0.25) is 0 Å². The van der Waals surface area contributed by atoms with E-state index >= 15 is 0 Å². The van der Waals surface area contributed by atoms with Gasteiger partial charge < -0.3 is 19.3 Å². The number of hydrogen-bond acceptors (Lipinski definition) is 4. The minimum Gasteiger partial charge on any atom is -0.393 e. The number of ether oxygens (including phenoxy) is 3. The minimum absolute atomic E-state index is 0.00380. The number of hydrogen-bond donors (Lipinski definition) is 1. The van der Waals surface area contributed by atoms with Crippen molar-refractivity contribution in [2.24, 2.45) is 5.92 Å². The molecule has 0 aliphatic carbocycles. The fourth-order valence-electron chi connectivity index (χ4n) is 2.51. The third-order valence-electron chi connectivity index (χ3n) is 4.13. The van der Waals surface area contributed by atoms with Crippen LogP contribution in [0.25, 0.3) is 0 Å². The van der Waals surface area contributed by atoms with Gasteiger partial charge in [0.25, 0.3) is 0 Å². The van der Waals surface area contributed by atoms with Crippen molar-refractivity contribution in [2.75, 3.05) is 19.8 Å². The molecule has 2 heterocycles. The topological polar surface area (TPSA) is 51.2 Å². The van der Waals surface area contributed by atoms with Crippen LogP contribution in [0.4, 0.5) is 0 Å². The summed E-state index contributed by atoms with van der Waals surface area (Å²) in [6, 6.07) is 0. The van der Waals surface area contributed by atoms with Crippen molar-refractivity contribution >= 4 is 0 Å². The zero-order chi connectivity index (χ0) is 13.0. The fourth-order valence-corrected chi connectivity index (χ4v) is 2.51. The third-order valence-corrected chi connectivity index (χ3v) is 4.13. The number of epoxide rings is 1. The maximum Gasteiger partial charge on any atom is 0.157 e. The van der Waals surface area contributed by atoms with Crippen LogP contribution in [-0.4, -0.2) is 42.9 Å². The molecule has 0 saturated carbocycles. The number of rotatable bonds is 7. The monoisotopic (exact) mass is 258 g/mol. The highest BCUT2D eigenvalue weighted by Gasteiger charge is 2.52. The first-order valence-corrected chi connectivity index (χ1v) is 7.18. The first-order valence-electron chi connectivity index (χ1n) is 7.18. The van der Waals surface area contributed by atoms with Crippen molar-refractivity contribution in [1.82, 2.24) is 0 Å². The normalized spacial score (nSPS) is 37.5. The summed E-state index contributed by atoms with van der Waals surface area (Å²) in [5, 5.41) is 9.30. The van der Waals surface area contributed by atoms with Crippen molar-refractivity contribution in [3.8, 4) is 0 Å². The predicted octanol–water partition coefficient (Wildman–Crippen LogP) is 2.10. The lowest BCUT2D eigenvalue weighted by atomic mass is 9.95. The van der Waals surface area contributed by atoms with E-state index in [1.807, 2.05) is 6.92 Å². The van der Waals surface area contributed by atoms with Gasteiger partial charge in [-0.2, -0.15) is 0 Å². The molecule has 2 aliphatic rings. The summed E-state index contributed by atoms with van der Waals surface area (Å²) in [4.78, 5) is 0. The van der Waals surface area contributed by atoms with E-state index in [0.717, 1.165) is 38.9 Å².